The molecule has 0 saturated carbocycles. The Morgan fingerprint density at radius 3 is 3.00 bits per heavy atom. The molecule has 1 aromatic heterocycles. The van der Waals surface area contributed by atoms with Gasteiger partial charge < -0.3 is 19.7 Å². The molecule has 0 aliphatic carbocycles. The number of urea groups is 1. The molecule has 1 heterocycles. The van der Waals surface area contributed by atoms with Crippen LogP contribution in [0.2, 0.25) is 0 Å². The van der Waals surface area contributed by atoms with E-state index >= 15 is 0 Å². The topological polar surface area (TPSA) is 96.6 Å². The molecular weight excluding hydrogens is 293 g/mol. The summed E-state index contributed by atoms with van der Waals surface area (Å²) >= 11 is 0. The summed E-state index contributed by atoms with van der Waals surface area (Å²) in [5.41, 5.74) is 0. The number of halogens is 1. The predicted octanol–water partition coefficient (Wildman–Crippen LogP) is 1.68. The van der Waals surface area contributed by atoms with Crippen molar-refractivity contribution in [1.82, 2.24) is 10.5 Å². The summed E-state index contributed by atoms with van der Waals surface area (Å²) in [6.45, 7) is 1.59. The number of rotatable bonds is 6. The van der Waals surface area contributed by atoms with Crippen LogP contribution in [0.3, 0.4) is 0 Å². The molecule has 2 aromatic rings. The highest BCUT2D eigenvalue weighted by molar-refractivity contribution is 5.88. The monoisotopic (exact) mass is 309 g/mol. The SMILES string of the molecule is Cc1cc(NC(=O)NCC(O)COc2cccc(F)c2)no1. The van der Waals surface area contributed by atoms with Crippen molar-refractivity contribution < 1.29 is 23.6 Å². The van der Waals surface area contributed by atoms with Gasteiger partial charge in [0.1, 0.15) is 30.0 Å². The van der Waals surface area contributed by atoms with Crippen molar-refractivity contribution in [3.63, 3.8) is 0 Å². The summed E-state index contributed by atoms with van der Waals surface area (Å²) in [7, 11) is 0. The first-order valence-corrected chi connectivity index (χ1v) is 6.57. The number of benzene rings is 1. The van der Waals surface area contributed by atoms with Crippen molar-refractivity contribution in [3.8, 4) is 5.75 Å². The molecule has 2 rings (SSSR count). The van der Waals surface area contributed by atoms with Crippen molar-refractivity contribution in [1.29, 1.82) is 0 Å². The molecule has 0 aliphatic rings. The summed E-state index contributed by atoms with van der Waals surface area (Å²) in [5.74, 6) is 0.730. The van der Waals surface area contributed by atoms with E-state index in [4.69, 9.17) is 9.26 Å². The van der Waals surface area contributed by atoms with Gasteiger partial charge in [0, 0.05) is 18.7 Å². The quantitative estimate of drug-likeness (QED) is 0.754. The standard InChI is InChI=1S/C14H16FN3O4/c1-9-5-13(18-22-9)17-14(20)16-7-11(19)8-21-12-4-2-3-10(15)6-12/h2-6,11,19H,7-8H2,1H3,(H2,16,17,18,20). The minimum absolute atomic E-state index is 0.0298. The number of carbonyl (C=O) groups excluding carboxylic acids is 1. The maximum Gasteiger partial charge on any atom is 0.320 e. The molecule has 118 valence electrons. The van der Waals surface area contributed by atoms with E-state index in [1.807, 2.05) is 0 Å². The van der Waals surface area contributed by atoms with Crippen LogP contribution in [0.15, 0.2) is 34.9 Å². The first-order valence-electron chi connectivity index (χ1n) is 6.57. The Morgan fingerprint density at radius 2 is 2.32 bits per heavy atom. The zero-order chi connectivity index (χ0) is 15.9. The second-order valence-corrected chi connectivity index (χ2v) is 4.58. The molecule has 1 unspecified atom stereocenters. The van der Waals surface area contributed by atoms with Crippen LogP contribution in [-0.2, 0) is 0 Å². The van der Waals surface area contributed by atoms with Gasteiger partial charge in [0.2, 0.25) is 0 Å². The van der Waals surface area contributed by atoms with Crippen LogP contribution >= 0.6 is 0 Å². The van der Waals surface area contributed by atoms with Gasteiger partial charge in [0.25, 0.3) is 0 Å². The van der Waals surface area contributed by atoms with Crippen molar-refractivity contribution >= 4 is 11.8 Å². The number of hydrogen-bond donors (Lipinski definition) is 3. The van der Waals surface area contributed by atoms with Crippen molar-refractivity contribution in [2.24, 2.45) is 0 Å². The molecule has 7 nitrogen and oxygen atoms in total. The summed E-state index contributed by atoms with van der Waals surface area (Å²) < 4.78 is 22.9. The van der Waals surface area contributed by atoms with Crippen LogP contribution in [-0.4, -0.2) is 35.5 Å². The van der Waals surface area contributed by atoms with Gasteiger partial charge in [-0.2, -0.15) is 0 Å². The maximum atomic E-state index is 12.9. The molecule has 0 radical (unpaired) electrons. The van der Waals surface area contributed by atoms with Crippen LogP contribution in [0.4, 0.5) is 15.0 Å². The van der Waals surface area contributed by atoms with Gasteiger partial charge in [-0.25, -0.2) is 9.18 Å². The van der Waals surface area contributed by atoms with E-state index in [0.29, 0.717) is 11.5 Å². The van der Waals surface area contributed by atoms with Gasteiger partial charge in [-0.05, 0) is 19.1 Å². The highest BCUT2D eigenvalue weighted by atomic mass is 19.1. The van der Waals surface area contributed by atoms with Crippen LogP contribution in [0, 0.1) is 12.7 Å². The zero-order valence-corrected chi connectivity index (χ0v) is 11.9. The molecule has 22 heavy (non-hydrogen) atoms. The van der Waals surface area contributed by atoms with Gasteiger partial charge in [-0.3, -0.25) is 5.32 Å². The van der Waals surface area contributed by atoms with E-state index in [0.717, 1.165) is 0 Å². The minimum atomic E-state index is -0.937. The maximum absolute atomic E-state index is 12.9. The molecule has 1 atom stereocenters. The lowest BCUT2D eigenvalue weighted by atomic mass is 10.3. The number of ether oxygens (including phenoxy) is 1. The first kappa shape index (κ1) is 15.8. The van der Waals surface area contributed by atoms with Crippen molar-refractivity contribution in [3.05, 3.63) is 41.9 Å². The fourth-order valence-electron chi connectivity index (χ4n) is 1.60. The summed E-state index contributed by atoms with van der Waals surface area (Å²) in [6, 6.07) is 6.60. The Bertz CT molecular complexity index is 632. The summed E-state index contributed by atoms with van der Waals surface area (Å²) in [6.07, 6.45) is -0.937. The molecule has 3 N–H and O–H groups in total. The van der Waals surface area contributed by atoms with E-state index in [1.165, 1.54) is 18.2 Å². The van der Waals surface area contributed by atoms with Crippen LogP contribution in [0.1, 0.15) is 5.76 Å². The van der Waals surface area contributed by atoms with Crippen LogP contribution in [0.25, 0.3) is 0 Å². The number of aliphatic hydroxyl groups is 1. The number of aromatic nitrogens is 1. The Labute approximate surface area is 126 Å². The number of aryl methyl sites for hydroxylation is 1. The van der Waals surface area contributed by atoms with Gasteiger partial charge >= 0.3 is 6.03 Å². The van der Waals surface area contributed by atoms with Gasteiger partial charge in [-0.1, -0.05) is 11.2 Å². The number of aliphatic hydroxyl groups excluding tert-OH is 1. The fraction of sp³-hybridized carbons (Fsp3) is 0.286. The number of hydrogen-bond acceptors (Lipinski definition) is 5. The predicted molar refractivity (Wildman–Crippen MR) is 76.2 cm³/mol. The smallest absolute Gasteiger partial charge is 0.320 e. The van der Waals surface area contributed by atoms with Crippen LogP contribution in [0.5, 0.6) is 5.75 Å². The van der Waals surface area contributed by atoms with Gasteiger partial charge in [-0.15, -0.1) is 0 Å². The van der Waals surface area contributed by atoms with E-state index in [2.05, 4.69) is 15.8 Å². The third-order valence-corrected chi connectivity index (χ3v) is 2.61. The molecule has 2 amide bonds. The summed E-state index contributed by atoms with van der Waals surface area (Å²) in [5, 5.41) is 18.2. The second-order valence-electron chi connectivity index (χ2n) is 4.58. The minimum Gasteiger partial charge on any atom is -0.491 e. The average molecular weight is 309 g/mol. The number of nitrogens with one attached hydrogen (secondary N) is 2. The number of carbonyl (C=O) groups is 1. The van der Waals surface area contributed by atoms with Crippen LogP contribution < -0.4 is 15.4 Å². The van der Waals surface area contributed by atoms with E-state index in [9.17, 15) is 14.3 Å². The molecule has 8 heteroatoms. The Morgan fingerprint density at radius 1 is 1.50 bits per heavy atom. The number of nitrogens with zero attached hydrogens (tertiary/aromatic N) is 1. The molecule has 0 bridgehead atoms. The Kier molecular flexibility index (Phi) is 5.31. The van der Waals surface area contributed by atoms with E-state index in [1.54, 1.807) is 19.1 Å². The zero-order valence-electron chi connectivity index (χ0n) is 11.9. The normalized spacial score (nSPS) is 11.8. The highest BCUT2D eigenvalue weighted by Gasteiger charge is 2.10. The van der Waals surface area contributed by atoms with Crippen molar-refractivity contribution in [2.75, 3.05) is 18.5 Å². The molecule has 0 spiro atoms. The fourth-order valence-corrected chi connectivity index (χ4v) is 1.60. The largest absolute Gasteiger partial charge is 0.491 e. The molecule has 0 saturated heterocycles. The lowest BCUT2D eigenvalue weighted by Gasteiger charge is -2.13. The van der Waals surface area contributed by atoms with E-state index < -0.39 is 18.0 Å². The highest BCUT2D eigenvalue weighted by Crippen LogP contribution is 2.12. The molecular formula is C14H16FN3O4. The third kappa shape index (κ3) is 5.06. The second kappa shape index (κ2) is 7.41. The lowest BCUT2D eigenvalue weighted by Crippen LogP contribution is -2.37. The lowest BCUT2D eigenvalue weighted by molar-refractivity contribution is 0.108. The molecule has 1 aromatic carbocycles. The summed E-state index contributed by atoms with van der Waals surface area (Å²) in [4.78, 5) is 11.5. The van der Waals surface area contributed by atoms with E-state index in [-0.39, 0.29) is 19.0 Å². The molecule has 0 aliphatic heterocycles. The Hall–Kier alpha value is -2.61. The number of anilines is 1. The third-order valence-electron chi connectivity index (χ3n) is 2.61. The average Bonchev–Trinajstić information content (AvgIpc) is 2.88. The van der Waals surface area contributed by atoms with Gasteiger partial charge in [0.15, 0.2) is 5.82 Å². The number of amides is 2. The Balaban J connectivity index is 1.68. The molecule has 0 fully saturated rings. The van der Waals surface area contributed by atoms with Crippen molar-refractivity contribution in [2.45, 2.75) is 13.0 Å². The first-order chi connectivity index (χ1) is 10.5. The van der Waals surface area contributed by atoms with Gasteiger partial charge in [0.05, 0.1) is 0 Å².